The summed E-state index contributed by atoms with van der Waals surface area (Å²) in [5.74, 6) is -0.224. The Kier molecular flexibility index (Phi) is 3.86. The molecule has 16 heavy (non-hydrogen) atoms. The van der Waals surface area contributed by atoms with Crippen molar-refractivity contribution in [2.24, 2.45) is 4.99 Å². The zero-order chi connectivity index (χ0) is 11.5. The number of nitrogens with zero attached hydrogens (tertiary/aromatic N) is 1. The number of anilines is 1. The van der Waals surface area contributed by atoms with Crippen LogP contribution in [0.15, 0.2) is 29.3 Å². The van der Waals surface area contributed by atoms with E-state index >= 15 is 0 Å². The molecule has 5 heteroatoms. The maximum Gasteiger partial charge on any atom is 0.161 e. The monoisotopic (exact) mass is 302 g/mol. The van der Waals surface area contributed by atoms with E-state index in [9.17, 15) is 4.39 Å². The lowest BCUT2D eigenvalue weighted by molar-refractivity contribution is 0.628. The van der Waals surface area contributed by atoms with Crippen LogP contribution in [0.2, 0.25) is 0 Å². The average Bonchev–Trinajstić information content (AvgIpc) is 2.62. The number of amidine groups is 1. The topological polar surface area (TPSA) is 24.4 Å². The molecular formula is C11H12BrFN2S. The Morgan fingerprint density at radius 1 is 1.44 bits per heavy atom. The van der Waals surface area contributed by atoms with E-state index in [0.29, 0.717) is 11.3 Å². The molecule has 1 aromatic carbocycles. The summed E-state index contributed by atoms with van der Waals surface area (Å²) in [7, 11) is 0. The lowest BCUT2D eigenvalue weighted by atomic mass is 10.3. The maximum atomic E-state index is 12.7. The average molecular weight is 303 g/mol. The molecule has 2 nitrogen and oxygen atoms in total. The minimum Gasteiger partial charge on any atom is -0.335 e. The normalized spacial score (nSPS) is 24.3. The number of alkyl halides is 1. The van der Waals surface area contributed by atoms with Crippen molar-refractivity contribution in [3.05, 3.63) is 30.1 Å². The van der Waals surface area contributed by atoms with Gasteiger partial charge in [0, 0.05) is 16.3 Å². The molecule has 0 bridgehead atoms. The summed E-state index contributed by atoms with van der Waals surface area (Å²) in [5, 5.41) is 5.50. The first kappa shape index (κ1) is 11.9. The molecule has 1 N–H and O–H groups in total. The Bertz CT molecular complexity index is 393. The van der Waals surface area contributed by atoms with Crippen LogP contribution in [0.1, 0.15) is 6.92 Å². The summed E-state index contributed by atoms with van der Waals surface area (Å²) < 4.78 is 12.7. The first-order valence-electron chi connectivity index (χ1n) is 5.02. The Hall–Kier alpha value is -0.550. The quantitative estimate of drug-likeness (QED) is 0.846. The third-order valence-corrected chi connectivity index (χ3v) is 4.79. The van der Waals surface area contributed by atoms with Crippen LogP contribution < -0.4 is 5.32 Å². The molecule has 0 saturated heterocycles. The van der Waals surface area contributed by atoms with Crippen molar-refractivity contribution < 1.29 is 4.39 Å². The van der Waals surface area contributed by atoms with Gasteiger partial charge in [-0.25, -0.2) is 4.39 Å². The van der Waals surface area contributed by atoms with E-state index in [-0.39, 0.29) is 5.82 Å². The van der Waals surface area contributed by atoms with Gasteiger partial charge in [-0.2, -0.15) is 0 Å². The Morgan fingerprint density at radius 2 is 2.12 bits per heavy atom. The summed E-state index contributed by atoms with van der Waals surface area (Å²) in [6.45, 7) is 2.10. The molecule has 0 radical (unpaired) electrons. The minimum atomic E-state index is -0.224. The van der Waals surface area contributed by atoms with Crippen molar-refractivity contribution in [2.75, 3.05) is 10.6 Å². The third-order valence-electron chi connectivity index (χ3n) is 2.37. The molecule has 0 spiro atoms. The molecule has 1 heterocycles. The molecule has 2 rings (SSSR count). The van der Waals surface area contributed by atoms with Gasteiger partial charge in [0.05, 0.1) is 6.04 Å². The zero-order valence-corrected chi connectivity index (χ0v) is 11.2. The molecule has 0 aromatic heterocycles. The summed E-state index contributed by atoms with van der Waals surface area (Å²) in [4.78, 5) is 4.50. The highest BCUT2D eigenvalue weighted by molar-refractivity contribution is 9.09. The predicted octanol–water partition coefficient (Wildman–Crippen LogP) is 3.49. The first-order valence-corrected chi connectivity index (χ1v) is 7.02. The number of hydrogen-bond acceptors (Lipinski definition) is 3. The van der Waals surface area contributed by atoms with Crippen LogP contribution >= 0.6 is 27.7 Å². The van der Waals surface area contributed by atoms with Gasteiger partial charge in [-0.3, -0.25) is 4.99 Å². The van der Waals surface area contributed by atoms with Gasteiger partial charge in [0.2, 0.25) is 0 Å². The third kappa shape index (κ3) is 2.77. The molecule has 2 unspecified atom stereocenters. The van der Waals surface area contributed by atoms with Crippen molar-refractivity contribution in [3.63, 3.8) is 0 Å². The van der Waals surface area contributed by atoms with Crippen LogP contribution in [0.4, 0.5) is 10.1 Å². The van der Waals surface area contributed by atoms with Gasteiger partial charge >= 0.3 is 0 Å². The number of hydrogen-bond donors (Lipinski definition) is 1. The van der Waals surface area contributed by atoms with Crippen LogP contribution in [-0.2, 0) is 0 Å². The SMILES string of the molecule is CC1N=C(Nc2ccc(F)cc2)SC1CBr. The highest BCUT2D eigenvalue weighted by Crippen LogP contribution is 2.28. The summed E-state index contributed by atoms with van der Waals surface area (Å²) in [6, 6.07) is 6.61. The minimum absolute atomic E-state index is 0.224. The number of benzene rings is 1. The van der Waals surface area contributed by atoms with Crippen molar-refractivity contribution in [3.8, 4) is 0 Å². The van der Waals surface area contributed by atoms with Crippen molar-refractivity contribution in [1.29, 1.82) is 0 Å². The van der Waals surface area contributed by atoms with E-state index in [0.717, 1.165) is 16.2 Å². The molecule has 86 valence electrons. The van der Waals surface area contributed by atoms with Crippen LogP contribution in [0.25, 0.3) is 0 Å². The number of aliphatic imine (C=N–C) groups is 1. The molecule has 0 saturated carbocycles. The van der Waals surface area contributed by atoms with Crippen molar-refractivity contribution >= 4 is 38.5 Å². The molecule has 0 amide bonds. The smallest absolute Gasteiger partial charge is 0.161 e. The summed E-state index contributed by atoms with van der Waals surface area (Å²) in [5.41, 5.74) is 0.870. The van der Waals surface area contributed by atoms with E-state index in [1.807, 2.05) is 0 Å². The second-order valence-electron chi connectivity index (χ2n) is 3.62. The van der Waals surface area contributed by atoms with Crippen LogP contribution in [-0.4, -0.2) is 21.8 Å². The number of nitrogens with one attached hydrogen (secondary N) is 1. The Morgan fingerprint density at radius 3 is 2.69 bits per heavy atom. The zero-order valence-electron chi connectivity index (χ0n) is 8.78. The maximum absolute atomic E-state index is 12.7. The van der Waals surface area contributed by atoms with E-state index in [1.54, 1.807) is 23.9 Å². The lowest BCUT2D eigenvalue weighted by Gasteiger charge is -2.08. The Balaban J connectivity index is 2.01. The second-order valence-corrected chi connectivity index (χ2v) is 5.49. The molecule has 0 aliphatic carbocycles. The highest BCUT2D eigenvalue weighted by atomic mass is 79.9. The van der Waals surface area contributed by atoms with Gasteiger partial charge in [-0.15, -0.1) is 0 Å². The lowest BCUT2D eigenvalue weighted by Crippen LogP contribution is -2.14. The Labute approximate surface area is 107 Å². The number of thioether (sulfide) groups is 1. The van der Waals surface area contributed by atoms with Crippen molar-refractivity contribution in [1.82, 2.24) is 0 Å². The number of halogens is 2. The van der Waals surface area contributed by atoms with Crippen LogP contribution in [0.3, 0.4) is 0 Å². The standard InChI is InChI=1S/C11H12BrFN2S/c1-7-10(6-12)16-11(14-7)15-9-4-2-8(13)3-5-9/h2-5,7,10H,6H2,1H3,(H,14,15). The predicted molar refractivity (Wildman–Crippen MR) is 72.1 cm³/mol. The fourth-order valence-corrected chi connectivity index (χ4v) is 3.37. The van der Waals surface area contributed by atoms with E-state index in [2.05, 4.69) is 33.2 Å². The van der Waals surface area contributed by atoms with Gasteiger partial charge in [0.1, 0.15) is 5.82 Å². The van der Waals surface area contributed by atoms with Crippen LogP contribution in [0, 0.1) is 5.82 Å². The summed E-state index contributed by atoms with van der Waals surface area (Å²) >= 11 is 5.18. The van der Waals surface area contributed by atoms with Gasteiger partial charge < -0.3 is 5.32 Å². The molecule has 1 aromatic rings. The fraction of sp³-hybridized carbons (Fsp3) is 0.364. The van der Waals surface area contributed by atoms with Crippen LogP contribution in [0.5, 0.6) is 0 Å². The number of rotatable bonds is 2. The van der Waals surface area contributed by atoms with E-state index in [1.165, 1.54) is 12.1 Å². The van der Waals surface area contributed by atoms with Gasteiger partial charge in [0.25, 0.3) is 0 Å². The fourth-order valence-electron chi connectivity index (χ4n) is 1.42. The highest BCUT2D eigenvalue weighted by Gasteiger charge is 2.25. The second kappa shape index (κ2) is 5.19. The van der Waals surface area contributed by atoms with E-state index in [4.69, 9.17) is 0 Å². The molecule has 0 fully saturated rings. The van der Waals surface area contributed by atoms with Crippen molar-refractivity contribution in [2.45, 2.75) is 18.2 Å². The largest absolute Gasteiger partial charge is 0.335 e. The van der Waals surface area contributed by atoms with E-state index < -0.39 is 0 Å². The molecular weight excluding hydrogens is 291 g/mol. The molecule has 1 aliphatic heterocycles. The van der Waals surface area contributed by atoms with Gasteiger partial charge in [-0.05, 0) is 31.2 Å². The summed E-state index contributed by atoms with van der Waals surface area (Å²) in [6.07, 6.45) is 0. The molecule has 2 atom stereocenters. The molecule has 1 aliphatic rings. The first-order chi connectivity index (χ1) is 7.69. The van der Waals surface area contributed by atoms with Gasteiger partial charge in [-0.1, -0.05) is 27.7 Å². The van der Waals surface area contributed by atoms with Gasteiger partial charge in [0.15, 0.2) is 5.17 Å².